The van der Waals surface area contributed by atoms with Crippen LogP contribution in [0.5, 0.6) is 0 Å². The number of benzene rings is 1. The van der Waals surface area contributed by atoms with E-state index in [0.717, 1.165) is 19.4 Å². The third kappa shape index (κ3) is 3.28. The molecule has 2 aliphatic carbocycles. The molecule has 21 heavy (non-hydrogen) atoms. The van der Waals surface area contributed by atoms with Gasteiger partial charge in [0.1, 0.15) is 0 Å². The molecule has 1 nitrogen and oxygen atoms in total. The predicted molar refractivity (Wildman–Crippen MR) is 81.4 cm³/mol. The Kier molecular flexibility index (Phi) is 4.30. The molecule has 3 rings (SSSR count). The van der Waals surface area contributed by atoms with Crippen LogP contribution in [-0.4, -0.2) is 12.6 Å². The highest BCUT2D eigenvalue weighted by Gasteiger charge is 2.33. The van der Waals surface area contributed by atoms with Crippen molar-refractivity contribution in [2.45, 2.75) is 57.9 Å². The highest BCUT2D eigenvalue weighted by atomic mass is 19.2. The highest BCUT2D eigenvalue weighted by molar-refractivity contribution is 5.29. The van der Waals surface area contributed by atoms with E-state index in [1.54, 1.807) is 19.1 Å². The average molecular weight is 293 g/mol. The van der Waals surface area contributed by atoms with Gasteiger partial charge in [-0.1, -0.05) is 25.5 Å². The van der Waals surface area contributed by atoms with Gasteiger partial charge in [-0.3, -0.25) is 0 Å². The van der Waals surface area contributed by atoms with Gasteiger partial charge in [-0.15, -0.1) is 0 Å². The van der Waals surface area contributed by atoms with Crippen molar-refractivity contribution in [3.8, 4) is 0 Å². The summed E-state index contributed by atoms with van der Waals surface area (Å²) in [5, 5.41) is 3.57. The topological polar surface area (TPSA) is 12.0 Å². The lowest BCUT2D eigenvalue weighted by molar-refractivity contribution is 0.236. The first-order valence-corrected chi connectivity index (χ1v) is 8.24. The summed E-state index contributed by atoms with van der Waals surface area (Å²) in [6, 6.07) is 4.20. The van der Waals surface area contributed by atoms with Crippen molar-refractivity contribution in [2.24, 2.45) is 11.8 Å². The molecule has 2 saturated carbocycles. The standard InChI is InChI=1S/C18H25F2N/c1-11-3-5-13(10-21-14-6-7-14)16(9-11)15-8-4-12(2)17(19)18(15)20/h4,8,11,13-14,16,21H,3,5-7,9-10H2,1-2H3. The van der Waals surface area contributed by atoms with Crippen LogP contribution in [0.2, 0.25) is 0 Å². The molecule has 1 aromatic carbocycles. The van der Waals surface area contributed by atoms with Gasteiger partial charge in [0.05, 0.1) is 0 Å². The fourth-order valence-electron chi connectivity index (χ4n) is 3.62. The maximum Gasteiger partial charge on any atom is 0.162 e. The second kappa shape index (κ2) is 6.04. The van der Waals surface area contributed by atoms with Crippen molar-refractivity contribution in [3.05, 3.63) is 34.9 Å². The monoisotopic (exact) mass is 293 g/mol. The van der Waals surface area contributed by atoms with Gasteiger partial charge >= 0.3 is 0 Å². The summed E-state index contributed by atoms with van der Waals surface area (Å²) in [5.41, 5.74) is 0.986. The van der Waals surface area contributed by atoms with E-state index in [1.165, 1.54) is 19.3 Å². The molecular weight excluding hydrogens is 268 g/mol. The van der Waals surface area contributed by atoms with Gasteiger partial charge in [-0.05, 0) is 68.0 Å². The zero-order valence-electron chi connectivity index (χ0n) is 13.0. The van der Waals surface area contributed by atoms with Crippen molar-refractivity contribution in [1.82, 2.24) is 5.32 Å². The molecule has 0 aliphatic heterocycles. The largest absolute Gasteiger partial charge is 0.314 e. The maximum absolute atomic E-state index is 14.4. The Balaban J connectivity index is 1.82. The van der Waals surface area contributed by atoms with E-state index in [1.807, 2.05) is 0 Å². The minimum Gasteiger partial charge on any atom is -0.314 e. The Morgan fingerprint density at radius 3 is 2.57 bits per heavy atom. The number of halogens is 2. The molecule has 0 saturated heterocycles. The van der Waals surface area contributed by atoms with E-state index in [-0.39, 0.29) is 5.92 Å². The van der Waals surface area contributed by atoms with Gasteiger partial charge < -0.3 is 5.32 Å². The molecule has 3 atom stereocenters. The van der Waals surface area contributed by atoms with Crippen LogP contribution in [0.4, 0.5) is 8.78 Å². The fraction of sp³-hybridized carbons (Fsp3) is 0.667. The number of rotatable bonds is 4. The SMILES string of the molecule is Cc1ccc(C2CC(C)CCC2CNC2CC2)c(F)c1F. The van der Waals surface area contributed by atoms with Gasteiger partial charge in [0.25, 0.3) is 0 Å². The molecular formula is C18H25F2N. The van der Waals surface area contributed by atoms with Crippen molar-refractivity contribution in [1.29, 1.82) is 0 Å². The first-order chi connectivity index (χ1) is 10.1. The van der Waals surface area contributed by atoms with E-state index in [2.05, 4.69) is 12.2 Å². The Bertz CT molecular complexity index is 510. The Hall–Kier alpha value is -0.960. The van der Waals surface area contributed by atoms with E-state index in [4.69, 9.17) is 0 Å². The van der Waals surface area contributed by atoms with Crippen LogP contribution in [0.3, 0.4) is 0 Å². The van der Waals surface area contributed by atoms with Gasteiger partial charge in [0.2, 0.25) is 0 Å². The molecule has 0 radical (unpaired) electrons. The lowest BCUT2D eigenvalue weighted by Gasteiger charge is -2.36. The molecule has 2 fully saturated rings. The normalized spacial score (nSPS) is 29.6. The molecule has 1 aromatic rings. The summed E-state index contributed by atoms with van der Waals surface area (Å²) in [5.74, 6) is -0.116. The summed E-state index contributed by atoms with van der Waals surface area (Å²) in [7, 11) is 0. The van der Waals surface area contributed by atoms with Crippen molar-refractivity contribution in [3.63, 3.8) is 0 Å². The summed E-state index contributed by atoms with van der Waals surface area (Å²) in [6.07, 6.45) is 5.81. The van der Waals surface area contributed by atoms with Crippen molar-refractivity contribution < 1.29 is 8.78 Å². The van der Waals surface area contributed by atoms with E-state index < -0.39 is 11.6 Å². The third-order valence-electron chi connectivity index (χ3n) is 5.21. The molecule has 0 amide bonds. The minimum absolute atomic E-state index is 0.148. The number of nitrogens with one attached hydrogen (secondary N) is 1. The first kappa shape index (κ1) is 15.0. The summed E-state index contributed by atoms with van der Waals surface area (Å²) in [6.45, 7) is 4.79. The molecule has 116 valence electrons. The molecule has 0 spiro atoms. The second-order valence-electron chi connectivity index (χ2n) is 7.07. The quantitative estimate of drug-likeness (QED) is 0.859. The number of hydrogen-bond acceptors (Lipinski definition) is 1. The predicted octanol–water partition coefficient (Wildman–Crippen LogP) is 4.55. The first-order valence-electron chi connectivity index (χ1n) is 8.24. The number of hydrogen-bond donors (Lipinski definition) is 1. The molecule has 0 heterocycles. The van der Waals surface area contributed by atoms with Crippen LogP contribution < -0.4 is 5.32 Å². The van der Waals surface area contributed by atoms with Crippen LogP contribution in [0.25, 0.3) is 0 Å². The Morgan fingerprint density at radius 2 is 1.86 bits per heavy atom. The summed E-state index contributed by atoms with van der Waals surface area (Å²) >= 11 is 0. The smallest absolute Gasteiger partial charge is 0.162 e. The highest BCUT2D eigenvalue weighted by Crippen LogP contribution is 2.42. The molecule has 3 heteroatoms. The fourth-order valence-corrected chi connectivity index (χ4v) is 3.62. The Labute approximate surface area is 126 Å². The van der Waals surface area contributed by atoms with E-state index in [9.17, 15) is 8.78 Å². The molecule has 0 aromatic heterocycles. The van der Waals surface area contributed by atoms with Crippen LogP contribution in [0, 0.1) is 30.4 Å². The average Bonchev–Trinajstić information content (AvgIpc) is 3.28. The molecule has 3 unspecified atom stereocenters. The van der Waals surface area contributed by atoms with Crippen LogP contribution in [0.15, 0.2) is 12.1 Å². The Morgan fingerprint density at radius 1 is 1.10 bits per heavy atom. The zero-order chi connectivity index (χ0) is 15.0. The summed E-state index contributed by atoms with van der Waals surface area (Å²) < 4.78 is 28.3. The zero-order valence-corrected chi connectivity index (χ0v) is 13.0. The minimum atomic E-state index is -0.667. The summed E-state index contributed by atoms with van der Waals surface area (Å²) in [4.78, 5) is 0. The maximum atomic E-state index is 14.4. The van der Waals surface area contributed by atoms with Crippen LogP contribution >= 0.6 is 0 Å². The van der Waals surface area contributed by atoms with Crippen LogP contribution in [0.1, 0.15) is 56.1 Å². The van der Waals surface area contributed by atoms with Gasteiger partial charge in [0.15, 0.2) is 11.6 Å². The van der Waals surface area contributed by atoms with Crippen LogP contribution in [-0.2, 0) is 0 Å². The molecule has 0 bridgehead atoms. The molecule has 1 N–H and O–H groups in total. The lowest BCUT2D eigenvalue weighted by atomic mass is 9.71. The van der Waals surface area contributed by atoms with E-state index >= 15 is 0 Å². The van der Waals surface area contributed by atoms with Gasteiger partial charge in [0, 0.05) is 6.04 Å². The van der Waals surface area contributed by atoms with Crippen molar-refractivity contribution >= 4 is 0 Å². The van der Waals surface area contributed by atoms with Gasteiger partial charge in [-0.25, -0.2) is 8.78 Å². The van der Waals surface area contributed by atoms with Gasteiger partial charge in [-0.2, -0.15) is 0 Å². The molecule has 2 aliphatic rings. The second-order valence-corrected chi connectivity index (χ2v) is 7.07. The third-order valence-corrected chi connectivity index (χ3v) is 5.21. The number of aryl methyl sites for hydroxylation is 1. The van der Waals surface area contributed by atoms with E-state index in [0.29, 0.717) is 29.0 Å². The lowest BCUT2D eigenvalue weighted by Crippen LogP contribution is -2.33. The van der Waals surface area contributed by atoms with Crippen molar-refractivity contribution in [2.75, 3.05) is 6.54 Å².